The molecule has 2 rings (SSSR count). The molecule has 1 atom stereocenters. The van der Waals surface area contributed by atoms with E-state index in [0.717, 1.165) is 15.0 Å². The lowest BCUT2D eigenvalue weighted by Crippen LogP contribution is -2.31. The zero-order chi connectivity index (χ0) is 12.4. The number of aromatic nitrogens is 2. The number of nitrogens with zero attached hydrogens (tertiary/aromatic N) is 2. The van der Waals surface area contributed by atoms with Gasteiger partial charge in [0.1, 0.15) is 11.9 Å². The number of benzene rings is 1. The SMILES string of the molecule is Cn1ccnc1C(NN)c1cc(Cl)ccc1I. The van der Waals surface area contributed by atoms with Crippen LogP contribution in [0.5, 0.6) is 0 Å². The summed E-state index contributed by atoms with van der Waals surface area (Å²) in [5, 5.41) is 0.690. The minimum atomic E-state index is -0.166. The van der Waals surface area contributed by atoms with E-state index < -0.39 is 0 Å². The number of hydrazine groups is 1. The Kier molecular flexibility index (Phi) is 4.03. The number of hydrogen-bond acceptors (Lipinski definition) is 3. The number of rotatable bonds is 3. The first-order valence-electron chi connectivity index (χ1n) is 5.01. The molecule has 3 N–H and O–H groups in total. The van der Waals surface area contributed by atoms with Gasteiger partial charge in [-0.1, -0.05) is 11.6 Å². The minimum absolute atomic E-state index is 0.166. The number of hydrogen-bond donors (Lipinski definition) is 2. The largest absolute Gasteiger partial charge is 0.336 e. The van der Waals surface area contributed by atoms with Crippen molar-refractivity contribution >= 4 is 34.2 Å². The Morgan fingerprint density at radius 2 is 2.29 bits per heavy atom. The standard InChI is InChI=1S/C11H12ClIN4/c1-17-5-4-15-11(17)10(16-14)8-6-7(12)2-3-9(8)13/h2-6,10,16H,14H2,1H3. The van der Waals surface area contributed by atoms with Crippen LogP contribution in [0.4, 0.5) is 0 Å². The zero-order valence-corrected chi connectivity index (χ0v) is 12.1. The molecule has 0 aliphatic rings. The van der Waals surface area contributed by atoms with Crippen LogP contribution in [0.25, 0.3) is 0 Å². The van der Waals surface area contributed by atoms with Crippen LogP contribution in [0.3, 0.4) is 0 Å². The highest BCUT2D eigenvalue weighted by atomic mass is 127. The van der Waals surface area contributed by atoms with Crippen molar-refractivity contribution in [2.45, 2.75) is 6.04 Å². The molecule has 0 radical (unpaired) electrons. The average molecular weight is 363 g/mol. The molecule has 0 bridgehead atoms. The normalized spacial score (nSPS) is 12.7. The Labute approximate surface area is 118 Å². The summed E-state index contributed by atoms with van der Waals surface area (Å²) in [7, 11) is 1.93. The van der Waals surface area contributed by atoms with E-state index >= 15 is 0 Å². The van der Waals surface area contributed by atoms with Gasteiger partial charge in [0, 0.05) is 28.0 Å². The quantitative estimate of drug-likeness (QED) is 0.500. The van der Waals surface area contributed by atoms with Crippen molar-refractivity contribution in [1.82, 2.24) is 15.0 Å². The average Bonchev–Trinajstić information content (AvgIpc) is 2.71. The summed E-state index contributed by atoms with van der Waals surface area (Å²) in [6.45, 7) is 0. The molecular formula is C11H12ClIN4. The van der Waals surface area contributed by atoms with Gasteiger partial charge in [-0.2, -0.15) is 0 Å². The van der Waals surface area contributed by atoms with Crippen molar-refractivity contribution in [3.8, 4) is 0 Å². The van der Waals surface area contributed by atoms with Gasteiger partial charge in [0.15, 0.2) is 0 Å². The highest BCUT2D eigenvalue weighted by Crippen LogP contribution is 2.27. The first kappa shape index (κ1) is 12.8. The number of imidazole rings is 1. The fourth-order valence-corrected chi connectivity index (χ4v) is 2.52. The second kappa shape index (κ2) is 5.34. The summed E-state index contributed by atoms with van der Waals surface area (Å²) in [5.41, 5.74) is 3.81. The third-order valence-electron chi connectivity index (χ3n) is 2.55. The summed E-state index contributed by atoms with van der Waals surface area (Å²) in [4.78, 5) is 4.31. The maximum atomic E-state index is 6.02. The van der Waals surface area contributed by atoms with Gasteiger partial charge in [-0.05, 0) is 46.4 Å². The van der Waals surface area contributed by atoms with Gasteiger partial charge in [0.2, 0.25) is 0 Å². The Morgan fingerprint density at radius 3 is 2.88 bits per heavy atom. The molecule has 0 spiro atoms. The lowest BCUT2D eigenvalue weighted by atomic mass is 10.1. The fourth-order valence-electron chi connectivity index (χ4n) is 1.69. The predicted molar refractivity (Wildman–Crippen MR) is 76.5 cm³/mol. The molecule has 1 aromatic carbocycles. The van der Waals surface area contributed by atoms with Crippen molar-refractivity contribution in [3.63, 3.8) is 0 Å². The predicted octanol–water partition coefficient (Wildman–Crippen LogP) is 2.23. The lowest BCUT2D eigenvalue weighted by Gasteiger charge is -2.17. The van der Waals surface area contributed by atoms with E-state index in [1.807, 2.05) is 36.0 Å². The first-order valence-corrected chi connectivity index (χ1v) is 6.47. The Hall–Kier alpha value is -0.630. The molecular weight excluding hydrogens is 351 g/mol. The molecule has 0 aliphatic heterocycles. The lowest BCUT2D eigenvalue weighted by molar-refractivity contribution is 0.578. The second-order valence-corrected chi connectivity index (χ2v) is 5.26. The van der Waals surface area contributed by atoms with E-state index in [9.17, 15) is 0 Å². The van der Waals surface area contributed by atoms with Crippen LogP contribution in [0.15, 0.2) is 30.6 Å². The van der Waals surface area contributed by atoms with Gasteiger partial charge < -0.3 is 4.57 Å². The van der Waals surface area contributed by atoms with Crippen molar-refractivity contribution < 1.29 is 0 Å². The molecule has 1 unspecified atom stereocenters. The summed E-state index contributed by atoms with van der Waals surface area (Å²) < 4.78 is 3.03. The van der Waals surface area contributed by atoms with Gasteiger partial charge in [0.05, 0.1) is 0 Å². The van der Waals surface area contributed by atoms with E-state index in [2.05, 4.69) is 33.0 Å². The number of nitrogens with two attached hydrogens (primary N) is 1. The van der Waals surface area contributed by atoms with E-state index in [-0.39, 0.29) is 6.04 Å². The van der Waals surface area contributed by atoms with Gasteiger partial charge >= 0.3 is 0 Å². The van der Waals surface area contributed by atoms with Crippen LogP contribution in [0.1, 0.15) is 17.4 Å². The van der Waals surface area contributed by atoms with E-state index in [4.69, 9.17) is 17.4 Å². The molecule has 0 amide bonds. The third-order valence-corrected chi connectivity index (χ3v) is 3.77. The Balaban J connectivity index is 2.49. The highest BCUT2D eigenvalue weighted by Gasteiger charge is 2.19. The third kappa shape index (κ3) is 2.62. The Morgan fingerprint density at radius 1 is 1.53 bits per heavy atom. The zero-order valence-electron chi connectivity index (χ0n) is 9.19. The van der Waals surface area contributed by atoms with Crippen molar-refractivity contribution in [2.75, 3.05) is 0 Å². The van der Waals surface area contributed by atoms with Gasteiger partial charge in [0.25, 0.3) is 0 Å². The molecule has 1 aromatic heterocycles. The summed E-state index contributed by atoms with van der Waals surface area (Å²) in [6.07, 6.45) is 3.63. The topological polar surface area (TPSA) is 55.9 Å². The van der Waals surface area contributed by atoms with Gasteiger partial charge in [-0.25, -0.2) is 10.4 Å². The maximum Gasteiger partial charge on any atom is 0.131 e. The van der Waals surface area contributed by atoms with E-state index in [0.29, 0.717) is 5.02 Å². The number of nitrogens with one attached hydrogen (secondary N) is 1. The highest BCUT2D eigenvalue weighted by molar-refractivity contribution is 14.1. The molecule has 0 saturated carbocycles. The van der Waals surface area contributed by atoms with Crippen LogP contribution < -0.4 is 11.3 Å². The molecule has 2 aromatic rings. The monoisotopic (exact) mass is 362 g/mol. The molecule has 17 heavy (non-hydrogen) atoms. The van der Waals surface area contributed by atoms with Crippen LogP contribution in [0, 0.1) is 3.57 Å². The van der Waals surface area contributed by atoms with Crippen molar-refractivity contribution in [3.05, 3.63) is 50.6 Å². The minimum Gasteiger partial charge on any atom is -0.336 e. The second-order valence-electron chi connectivity index (χ2n) is 3.66. The molecule has 90 valence electrons. The molecule has 4 nitrogen and oxygen atoms in total. The van der Waals surface area contributed by atoms with E-state index in [1.165, 1.54) is 0 Å². The fraction of sp³-hybridized carbons (Fsp3) is 0.182. The first-order chi connectivity index (χ1) is 8.13. The van der Waals surface area contributed by atoms with E-state index in [1.54, 1.807) is 6.20 Å². The van der Waals surface area contributed by atoms with Crippen LogP contribution in [-0.4, -0.2) is 9.55 Å². The molecule has 0 saturated heterocycles. The van der Waals surface area contributed by atoms with Crippen molar-refractivity contribution in [1.29, 1.82) is 0 Å². The summed E-state index contributed by atoms with van der Waals surface area (Å²) in [5.74, 6) is 6.49. The van der Waals surface area contributed by atoms with Crippen LogP contribution >= 0.6 is 34.2 Å². The molecule has 0 fully saturated rings. The summed E-state index contributed by atoms with van der Waals surface area (Å²) >= 11 is 8.28. The van der Waals surface area contributed by atoms with Crippen molar-refractivity contribution in [2.24, 2.45) is 12.9 Å². The molecule has 0 aliphatic carbocycles. The van der Waals surface area contributed by atoms with Gasteiger partial charge in [-0.15, -0.1) is 0 Å². The smallest absolute Gasteiger partial charge is 0.131 e. The maximum absolute atomic E-state index is 6.02. The molecule has 1 heterocycles. The van der Waals surface area contributed by atoms with Crippen LogP contribution in [0.2, 0.25) is 5.02 Å². The summed E-state index contributed by atoms with van der Waals surface area (Å²) in [6, 6.07) is 5.56. The number of halogens is 2. The van der Waals surface area contributed by atoms with Crippen LogP contribution in [-0.2, 0) is 7.05 Å². The number of aryl methyl sites for hydroxylation is 1. The Bertz CT molecular complexity index is 526. The molecule has 6 heteroatoms. The van der Waals surface area contributed by atoms with Gasteiger partial charge in [-0.3, -0.25) is 5.84 Å².